The smallest absolute Gasteiger partial charge is 0.0682 e. The maximum Gasteiger partial charge on any atom is 0.0682 e. The summed E-state index contributed by atoms with van der Waals surface area (Å²) in [5.74, 6) is 0. The van der Waals surface area contributed by atoms with E-state index in [1.165, 1.54) is 0 Å². The summed E-state index contributed by atoms with van der Waals surface area (Å²) in [5.41, 5.74) is 4.87. The van der Waals surface area contributed by atoms with Gasteiger partial charge in [0.2, 0.25) is 0 Å². The van der Waals surface area contributed by atoms with E-state index < -0.39 is 0 Å². The molecule has 2 rings (SSSR count). The Kier molecular flexibility index (Phi) is 5.14. The first-order valence-electron chi connectivity index (χ1n) is 6.92. The van der Waals surface area contributed by atoms with Gasteiger partial charge in [-0.25, -0.2) is 0 Å². The molecule has 0 unspecified atom stereocenters. The molecule has 0 atom stereocenters. The molecule has 0 fully saturated rings. The maximum absolute atomic E-state index is 9.24. The van der Waals surface area contributed by atoms with Crippen molar-refractivity contribution in [2.45, 2.75) is 13.2 Å². The predicted molar refractivity (Wildman–Crippen MR) is 88.0 cm³/mol. The SMILES string of the molecule is CN(C)c1ccc(/C=C/c2cc(CO)cc(CO)c2)cc1. The van der Waals surface area contributed by atoms with Gasteiger partial charge < -0.3 is 15.1 Å². The van der Waals surface area contributed by atoms with Crippen LogP contribution in [0.3, 0.4) is 0 Å². The molecule has 0 aliphatic carbocycles. The second-order valence-corrected chi connectivity index (χ2v) is 5.22. The highest BCUT2D eigenvalue weighted by atomic mass is 16.3. The molecule has 0 saturated heterocycles. The molecule has 0 bridgehead atoms. The molecule has 21 heavy (non-hydrogen) atoms. The Labute approximate surface area is 125 Å². The molecule has 0 radical (unpaired) electrons. The van der Waals surface area contributed by atoms with E-state index in [0.717, 1.165) is 27.9 Å². The Balaban J connectivity index is 2.20. The lowest BCUT2D eigenvalue weighted by molar-refractivity contribution is 0.275. The van der Waals surface area contributed by atoms with E-state index in [4.69, 9.17) is 0 Å². The minimum atomic E-state index is -0.0216. The zero-order valence-electron chi connectivity index (χ0n) is 12.5. The third-order valence-corrected chi connectivity index (χ3v) is 3.32. The van der Waals surface area contributed by atoms with E-state index in [1.807, 2.05) is 44.4 Å². The van der Waals surface area contributed by atoms with Gasteiger partial charge in [0.15, 0.2) is 0 Å². The van der Waals surface area contributed by atoms with Gasteiger partial charge in [-0.15, -0.1) is 0 Å². The van der Waals surface area contributed by atoms with Gasteiger partial charge in [-0.1, -0.05) is 30.4 Å². The van der Waals surface area contributed by atoms with Crippen molar-refractivity contribution in [1.82, 2.24) is 0 Å². The first-order valence-corrected chi connectivity index (χ1v) is 6.92. The third-order valence-electron chi connectivity index (χ3n) is 3.32. The molecule has 0 aliphatic rings. The largest absolute Gasteiger partial charge is 0.392 e. The van der Waals surface area contributed by atoms with E-state index in [2.05, 4.69) is 29.2 Å². The van der Waals surface area contributed by atoms with E-state index in [-0.39, 0.29) is 13.2 Å². The Bertz CT molecular complexity index is 593. The molecular formula is C18H21NO2. The summed E-state index contributed by atoms with van der Waals surface area (Å²) in [6, 6.07) is 13.9. The van der Waals surface area contributed by atoms with Crippen LogP contribution < -0.4 is 4.90 Å². The number of nitrogens with zero attached hydrogens (tertiary/aromatic N) is 1. The van der Waals surface area contributed by atoms with Crippen LogP contribution in [0, 0.1) is 0 Å². The van der Waals surface area contributed by atoms with Crippen LogP contribution in [0.1, 0.15) is 22.3 Å². The van der Waals surface area contributed by atoms with Crippen molar-refractivity contribution in [2.24, 2.45) is 0 Å². The van der Waals surface area contributed by atoms with Crippen molar-refractivity contribution in [3.63, 3.8) is 0 Å². The molecule has 0 heterocycles. The summed E-state index contributed by atoms with van der Waals surface area (Å²) in [6.45, 7) is -0.0432. The summed E-state index contributed by atoms with van der Waals surface area (Å²) >= 11 is 0. The zero-order chi connectivity index (χ0) is 15.2. The standard InChI is InChI=1S/C18H21NO2/c1-19(2)18-7-5-14(6-8-18)3-4-15-9-16(12-20)11-17(10-15)13-21/h3-11,20-21H,12-13H2,1-2H3/b4-3+. The lowest BCUT2D eigenvalue weighted by atomic mass is 10.0. The van der Waals surface area contributed by atoms with E-state index in [1.54, 1.807) is 0 Å². The zero-order valence-corrected chi connectivity index (χ0v) is 12.5. The number of aliphatic hydroxyl groups excluding tert-OH is 2. The summed E-state index contributed by atoms with van der Waals surface area (Å²) in [6.07, 6.45) is 4.01. The highest BCUT2D eigenvalue weighted by molar-refractivity contribution is 5.71. The van der Waals surface area contributed by atoms with Gasteiger partial charge in [0.1, 0.15) is 0 Å². The van der Waals surface area contributed by atoms with Crippen molar-refractivity contribution in [3.05, 3.63) is 64.7 Å². The highest BCUT2D eigenvalue weighted by Gasteiger charge is 1.98. The summed E-state index contributed by atoms with van der Waals surface area (Å²) < 4.78 is 0. The fourth-order valence-electron chi connectivity index (χ4n) is 2.15. The minimum Gasteiger partial charge on any atom is -0.392 e. The average Bonchev–Trinajstić information content (AvgIpc) is 2.52. The topological polar surface area (TPSA) is 43.7 Å². The number of hydrogen-bond donors (Lipinski definition) is 2. The molecule has 3 nitrogen and oxygen atoms in total. The summed E-state index contributed by atoms with van der Waals surface area (Å²) in [4.78, 5) is 2.06. The number of hydrogen-bond acceptors (Lipinski definition) is 3. The van der Waals surface area contributed by atoms with Crippen molar-refractivity contribution in [2.75, 3.05) is 19.0 Å². The highest BCUT2D eigenvalue weighted by Crippen LogP contribution is 2.16. The first-order chi connectivity index (χ1) is 10.1. The number of anilines is 1. The Morgan fingerprint density at radius 3 is 1.81 bits per heavy atom. The molecular weight excluding hydrogens is 262 g/mol. The molecule has 0 aliphatic heterocycles. The molecule has 0 saturated carbocycles. The van der Waals surface area contributed by atoms with Crippen LogP contribution in [0.2, 0.25) is 0 Å². The summed E-state index contributed by atoms with van der Waals surface area (Å²) in [5, 5.41) is 18.5. The van der Waals surface area contributed by atoms with Gasteiger partial charge in [-0.05, 0) is 46.5 Å². The van der Waals surface area contributed by atoms with Crippen LogP contribution in [0.5, 0.6) is 0 Å². The Morgan fingerprint density at radius 2 is 1.33 bits per heavy atom. The van der Waals surface area contributed by atoms with Crippen molar-refractivity contribution < 1.29 is 10.2 Å². The second kappa shape index (κ2) is 7.07. The summed E-state index contributed by atoms with van der Waals surface area (Å²) in [7, 11) is 4.03. The van der Waals surface area contributed by atoms with Gasteiger partial charge in [-0.3, -0.25) is 0 Å². The van der Waals surface area contributed by atoms with Gasteiger partial charge in [-0.2, -0.15) is 0 Å². The Hall–Kier alpha value is -2.10. The van der Waals surface area contributed by atoms with Crippen LogP contribution in [0.15, 0.2) is 42.5 Å². The number of benzene rings is 2. The second-order valence-electron chi connectivity index (χ2n) is 5.22. The van der Waals surface area contributed by atoms with Crippen molar-refractivity contribution in [3.8, 4) is 0 Å². The molecule has 110 valence electrons. The van der Waals surface area contributed by atoms with Crippen LogP contribution in [0.4, 0.5) is 5.69 Å². The van der Waals surface area contributed by atoms with Crippen LogP contribution >= 0.6 is 0 Å². The van der Waals surface area contributed by atoms with E-state index >= 15 is 0 Å². The third kappa shape index (κ3) is 4.18. The van der Waals surface area contributed by atoms with E-state index in [9.17, 15) is 10.2 Å². The molecule has 2 N–H and O–H groups in total. The Morgan fingerprint density at radius 1 is 0.810 bits per heavy atom. The fourth-order valence-corrected chi connectivity index (χ4v) is 2.15. The lowest BCUT2D eigenvalue weighted by Crippen LogP contribution is -2.07. The molecule has 3 heteroatoms. The fraction of sp³-hybridized carbons (Fsp3) is 0.222. The van der Waals surface area contributed by atoms with Crippen molar-refractivity contribution >= 4 is 17.8 Å². The van der Waals surface area contributed by atoms with Gasteiger partial charge in [0.05, 0.1) is 13.2 Å². The van der Waals surface area contributed by atoms with Gasteiger partial charge in [0.25, 0.3) is 0 Å². The quantitative estimate of drug-likeness (QED) is 0.829. The molecule has 0 amide bonds. The molecule has 0 aromatic heterocycles. The van der Waals surface area contributed by atoms with Crippen molar-refractivity contribution in [1.29, 1.82) is 0 Å². The maximum atomic E-state index is 9.24. The average molecular weight is 283 g/mol. The molecule has 0 spiro atoms. The molecule has 2 aromatic rings. The first kappa shape index (κ1) is 15.3. The number of rotatable bonds is 5. The molecule has 2 aromatic carbocycles. The van der Waals surface area contributed by atoms with Crippen LogP contribution in [0.25, 0.3) is 12.2 Å². The minimum absolute atomic E-state index is 0.0216. The van der Waals surface area contributed by atoms with Crippen LogP contribution in [-0.2, 0) is 13.2 Å². The predicted octanol–water partition coefficient (Wildman–Crippen LogP) is 2.91. The monoisotopic (exact) mass is 283 g/mol. The van der Waals surface area contributed by atoms with Gasteiger partial charge >= 0.3 is 0 Å². The van der Waals surface area contributed by atoms with E-state index in [0.29, 0.717) is 0 Å². The normalized spacial score (nSPS) is 11.0. The van der Waals surface area contributed by atoms with Gasteiger partial charge in [0, 0.05) is 19.8 Å². The lowest BCUT2D eigenvalue weighted by Gasteiger charge is -2.11. The van der Waals surface area contributed by atoms with Crippen LogP contribution in [-0.4, -0.2) is 24.3 Å². The number of aliphatic hydroxyl groups is 2.